The smallest absolute Gasteiger partial charge is 0.314 e. The van der Waals surface area contributed by atoms with E-state index in [0.717, 1.165) is 0 Å². The lowest BCUT2D eigenvalue weighted by Crippen LogP contribution is -2.29. The van der Waals surface area contributed by atoms with Gasteiger partial charge in [0.1, 0.15) is 5.75 Å². The maximum absolute atomic E-state index is 11.8. The van der Waals surface area contributed by atoms with Crippen LogP contribution in [0.1, 0.15) is 27.2 Å². The Hall–Kier alpha value is -1.79. The van der Waals surface area contributed by atoms with E-state index in [4.69, 9.17) is 32.7 Å². The zero-order valence-corrected chi connectivity index (χ0v) is 15.3. The average Bonchev–Trinajstić information content (AvgIpc) is 2.53. The summed E-state index contributed by atoms with van der Waals surface area (Å²) in [6, 6.07) is 4.69. The van der Waals surface area contributed by atoms with Crippen LogP contribution in [0, 0.1) is 5.92 Å². The van der Waals surface area contributed by atoms with Crippen molar-refractivity contribution >= 4 is 40.8 Å². The Labute approximate surface area is 151 Å². The first-order chi connectivity index (χ1) is 11.4. The first-order valence-corrected chi connectivity index (χ1v) is 8.22. The molecular formula is C16H20Cl2N2O4. The van der Waals surface area contributed by atoms with E-state index in [1.807, 2.05) is 6.92 Å². The standard InChI is InChI=1S/C16H20Cl2N2O4/c1-4-12(16(22)23-5-2)10(3)19-20-15(21)9-24-14-7-6-11(17)8-13(14)18/h6-8,12H,4-5,9H2,1-3H3,(H,20,21)/b19-10-/t12-/m1/s1. The lowest BCUT2D eigenvalue weighted by Gasteiger charge is -2.13. The van der Waals surface area contributed by atoms with E-state index in [0.29, 0.717) is 34.5 Å². The second-order valence-corrected chi connectivity index (χ2v) is 5.71. The van der Waals surface area contributed by atoms with Crippen LogP contribution < -0.4 is 10.2 Å². The molecule has 8 heteroatoms. The number of halogens is 2. The highest BCUT2D eigenvalue weighted by molar-refractivity contribution is 6.35. The van der Waals surface area contributed by atoms with Crippen molar-refractivity contribution in [2.24, 2.45) is 11.0 Å². The summed E-state index contributed by atoms with van der Waals surface area (Å²) in [7, 11) is 0. The van der Waals surface area contributed by atoms with Crippen LogP contribution in [0.5, 0.6) is 5.75 Å². The second kappa shape index (κ2) is 10.2. The first-order valence-electron chi connectivity index (χ1n) is 7.46. The minimum absolute atomic E-state index is 0.270. The third-order valence-electron chi connectivity index (χ3n) is 3.09. The molecular weight excluding hydrogens is 355 g/mol. The summed E-state index contributed by atoms with van der Waals surface area (Å²) < 4.78 is 10.3. The van der Waals surface area contributed by atoms with Crippen LogP contribution in [0.15, 0.2) is 23.3 Å². The van der Waals surface area contributed by atoms with Crippen molar-refractivity contribution in [1.82, 2.24) is 5.43 Å². The van der Waals surface area contributed by atoms with E-state index in [2.05, 4.69) is 10.5 Å². The number of carbonyl (C=O) groups is 2. The van der Waals surface area contributed by atoms with Crippen molar-refractivity contribution in [3.8, 4) is 5.75 Å². The highest BCUT2D eigenvalue weighted by Gasteiger charge is 2.21. The molecule has 0 saturated heterocycles. The van der Waals surface area contributed by atoms with Gasteiger partial charge in [0.2, 0.25) is 0 Å². The van der Waals surface area contributed by atoms with Gasteiger partial charge in [-0.15, -0.1) is 0 Å². The van der Waals surface area contributed by atoms with Crippen LogP contribution in [0.25, 0.3) is 0 Å². The van der Waals surface area contributed by atoms with Crippen LogP contribution in [-0.4, -0.2) is 30.8 Å². The summed E-state index contributed by atoms with van der Waals surface area (Å²) in [5.41, 5.74) is 2.81. The molecule has 1 rings (SSSR count). The molecule has 1 aromatic rings. The predicted molar refractivity (Wildman–Crippen MR) is 93.6 cm³/mol. The zero-order valence-electron chi connectivity index (χ0n) is 13.8. The zero-order chi connectivity index (χ0) is 18.1. The maximum Gasteiger partial charge on any atom is 0.314 e. The Morgan fingerprint density at radius 1 is 1.29 bits per heavy atom. The number of ether oxygens (including phenoxy) is 2. The van der Waals surface area contributed by atoms with Gasteiger partial charge in [-0.25, -0.2) is 5.43 Å². The number of hydrazone groups is 1. The Bertz CT molecular complexity index is 620. The van der Waals surface area contributed by atoms with Crippen LogP contribution in [0.2, 0.25) is 10.0 Å². The van der Waals surface area contributed by atoms with Crippen molar-refractivity contribution in [3.05, 3.63) is 28.2 Å². The van der Waals surface area contributed by atoms with Crippen molar-refractivity contribution in [2.75, 3.05) is 13.2 Å². The number of rotatable bonds is 8. The van der Waals surface area contributed by atoms with E-state index in [-0.39, 0.29) is 12.6 Å². The van der Waals surface area contributed by atoms with Gasteiger partial charge in [0, 0.05) is 10.7 Å². The van der Waals surface area contributed by atoms with Gasteiger partial charge in [-0.3, -0.25) is 9.59 Å². The third-order valence-corrected chi connectivity index (χ3v) is 3.62. The number of nitrogens with zero attached hydrogens (tertiary/aromatic N) is 1. The molecule has 1 amide bonds. The third kappa shape index (κ3) is 6.37. The highest BCUT2D eigenvalue weighted by atomic mass is 35.5. The molecule has 6 nitrogen and oxygen atoms in total. The molecule has 0 spiro atoms. The molecule has 0 heterocycles. The van der Waals surface area contributed by atoms with Gasteiger partial charge >= 0.3 is 5.97 Å². The molecule has 0 fully saturated rings. The SMILES string of the molecule is CCOC(=O)[C@H](CC)/C(C)=N\NC(=O)COc1ccc(Cl)cc1Cl. The number of carbonyl (C=O) groups excluding carboxylic acids is 2. The summed E-state index contributed by atoms with van der Waals surface area (Å²) >= 11 is 11.7. The Morgan fingerprint density at radius 2 is 2.00 bits per heavy atom. The number of esters is 1. The van der Waals surface area contributed by atoms with E-state index >= 15 is 0 Å². The molecule has 1 atom stereocenters. The fourth-order valence-corrected chi connectivity index (χ4v) is 2.33. The fourth-order valence-electron chi connectivity index (χ4n) is 1.87. The fraction of sp³-hybridized carbons (Fsp3) is 0.438. The van der Waals surface area contributed by atoms with E-state index in [1.165, 1.54) is 6.07 Å². The molecule has 0 saturated carbocycles. The Morgan fingerprint density at radius 3 is 2.58 bits per heavy atom. The van der Waals surface area contributed by atoms with Gasteiger partial charge in [-0.2, -0.15) is 5.10 Å². The minimum Gasteiger partial charge on any atom is -0.482 e. The topological polar surface area (TPSA) is 77.0 Å². The van der Waals surface area contributed by atoms with Gasteiger partial charge < -0.3 is 9.47 Å². The van der Waals surface area contributed by atoms with Crippen molar-refractivity contribution in [2.45, 2.75) is 27.2 Å². The number of amides is 1. The average molecular weight is 375 g/mol. The van der Waals surface area contributed by atoms with Gasteiger partial charge in [-0.1, -0.05) is 30.1 Å². The summed E-state index contributed by atoms with van der Waals surface area (Å²) in [6.45, 7) is 5.26. The summed E-state index contributed by atoms with van der Waals surface area (Å²) in [6.07, 6.45) is 0.529. The lowest BCUT2D eigenvalue weighted by atomic mass is 10.0. The van der Waals surface area contributed by atoms with E-state index in [1.54, 1.807) is 26.0 Å². The van der Waals surface area contributed by atoms with E-state index in [9.17, 15) is 9.59 Å². The highest BCUT2D eigenvalue weighted by Crippen LogP contribution is 2.27. The first kappa shape index (κ1) is 20.3. The largest absolute Gasteiger partial charge is 0.482 e. The molecule has 0 aromatic heterocycles. The normalized spacial score (nSPS) is 12.5. The van der Waals surface area contributed by atoms with Gasteiger partial charge in [0.05, 0.1) is 17.5 Å². The Balaban J connectivity index is 2.56. The van der Waals surface area contributed by atoms with E-state index < -0.39 is 11.8 Å². The van der Waals surface area contributed by atoms with Crippen LogP contribution in [-0.2, 0) is 14.3 Å². The summed E-state index contributed by atoms with van der Waals surface area (Å²) in [4.78, 5) is 23.5. The van der Waals surface area contributed by atoms with Gasteiger partial charge in [0.25, 0.3) is 5.91 Å². The number of hydrogen-bond donors (Lipinski definition) is 1. The number of benzene rings is 1. The number of hydrogen-bond acceptors (Lipinski definition) is 5. The van der Waals surface area contributed by atoms with Gasteiger partial charge in [-0.05, 0) is 38.5 Å². The summed E-state index contributed by atoms with van der Waals surface area (Å²) in [5.74, 6) is -0.981. The Kier molecular flexibility index (Phi) is 8.57. The molecule has 24 heavy (non-hydrogen) atoms. The minimum atomic E-state index is -0.489. The molecule has 1 aromatic carbocycles. The molecule has 0 aliphatic rings. The monoisotopic (exact) mass is 374 g/mol. The number of nitrogens with one attached hydrogen (secondary N) is 1. The lowest BCUT2D eigenvalue weighted by molar-refractivity contribution is -0.145. The molecule has 0 aliphatic heterocycles. The van der Waals surface area contributed by atoms with Crippen LogP contribution in [0.4, 0.5) is 0 Å². The molecule has 132 valence electrons. The molecule has 0 unspecified atom stereocenters. The van der Waals surface area contributed by atoms with Gasteiger partial charge in [0.15, 0.2) is 6.61 Å². The van der Waals surface area contributed by atoms with Crippen molar-refractivity contribution < 1.29 is 19.1 Å². The van der Waals surface area contributed by atoms with Crippen molar-refractivity contribution in [1.29, 1.82) is 0 Å². The second-order valence-electron chi connectivity index (χ2n) is 4.86. The predicted octanol–water partition coefficient (Wildman–Crippen LogP) is 3.45. The maximum atomic E-state index is 11.8. The summed E-state index contributed by atoms with van der Waals surface area (Å²) in [5, 5.41) is 4.71. The molecule has 1 N–H and O–H groups in total. The molecule has 0 radical (unpaired) electrons. The van der Waals surface area contributed by atoms with Crippen LogP contribution >= 0.6 is 23.2 Å². The van der Waals surface area contributed by atoms with Crippen molar-refractivity contribution in [3.63, 3.8) is 0 Å². The van der Waals surface area contributed by atoms with Crippen LogP contribution in [0.3, 0.4) is 0 Å². The molecule has 0 aliphatic carbocycles. The quantitative estimate of drug-likeness (QED) is 0.429. The molecule has 0 bridgehead atoms.